The van der Waals surface area contributed by atoms with Crippen LogP contribution in [0.2, 0.25) is 0 Å². The number of nitrogens with two attached hydrogens (primary N) is 1. The zero-order valence-corrected chi connectivity index (χ0v) is 13.4. The molecule has 0 atom stereocenters. The molecule has 106 valence electrons. The van der Waals surface area contributed by atoms with Gasteiger partial charge in [0.15, 0.2) is 11.5 Å². The van der Waals surface area contributed by atoms with Crippen LogP contribution in [0.4, 0.5) is 0 Å². The van der Waals surface area contributed by atoms with Gasteiger partial charge in [-0.2, -0.15) is 0 Å². The molecule has 1 aromatic rings. The number of hydrogen-bond acceptors (Lipinski definition) is 3. The van der Waals surface area contributed by atoms with Crippen molar-refractivity contribution in [3.63, 3.8) is 0 Å². The lowest BCUT2D eigenvalue weighted by atomic mass is 9.94. The van der Waals surface area contributed by atoms with E-state index in [4.69, 9.17) is 15.2 Å². The highest BCUT2D eigenvalue weighted by molar-refractivity contribution is 9.10. The van der Waals surface area contributed by atoms with Crippen LogP contribution in [0.5, 0.6) is 11.5 Å². The molecule has 3 nitrogen and oxygen atoms in total. The molecule has 0 bridgehead atoms. The molecule has 1 aliphatic carbocycles. The molecule has 0 radical (unpaired) electrons. The van der Waals surface area contributed by atoms with E-state index >= 15 is 0 Å². The first-order valence-corrected chi connectivity index (χ1v) is 7.50. The number of ether oxygens (including phenoxy) is 2. The van der Waals surface area contributed by atoms with Crippen molar-refractivity contribution < 1.29 is 9.47 Å². The van der Waals surface area contributed by atoms with Crippen molar-refractivity contribution >= 4 is 15.9 Å². The van der Waals surface area contributed by atoms with Crippen molar-refractivity contribution in [3.8, 4) is 11.5 Å². The van der Waals surface area contributed by atoms with Gasteiger partial charge in [0.2, 0.25) is 0 Å². The Morgan fingerprint density at radius 1 is 1.37 bits per heavy atom. The van der Waals surface area contributed by atoms with Gasteiger partial charge in [-0.15, -0.1) is 0 Å². The molecule has 0 spiro atoms. The van der Waals surface area contributed by atoms with E-state index in [1.54, 1.807) is 7.11 Å². The predicted molar refractivity (Wildman–Crippen MR) is 80.9 cm³/mol. The van der Waals surface area contributed by atoms with E-state index in [-0.39, 0.29) is 5.54 Å². The van der Waals surface area contributed by atoms with Gasteiger partial charge in [0.1, 0.15) is 0 Å². The third kappa shape index (κ3) is 3.86. The van der Waals surface area contributed by atoms with Gasteiger partial charge < -0.3 is 15.2 Å². The fourth-order valence-electron chi connectivity index (χ4n) is 2.19. The topological polar surface area (TPSA) is 44.5 Å². The lowest BCUT2D eigenvalue weighted by molar-refractivity contribution is 0.114. The molecule has 0 amide bonds. The van der Waals surface area contributed by atoms with E-state index in [0.717, 1.165) is 40.8 Å². The molecule has 0 aromatic heterocycles. The van der Waals surface area contributed by atoms with Gasteiger partial charge >= 0.3 is 0 Å². The molecule has 4 heteroatoms. The first-order chi connectivity index (χ1) is 8.89. The van der Waals surface area contributed by atoms with Crippen molar-refractivity contribution in [3.05, 3.63) is 22.2 Å². The Kier molecular flexibility index (Phi) is 4.41. The smallest absolute Gasteiger partial charge is 0.164 e. The average molecular weight is 328 g/mol. The largest absolute Gasteiger partial charge is 0.493 e. The van der Waals surface area contributed by atoms with Gasteiger partial charge in [0.25, 0.3) is 0 Å². The standard InChI is InChI=1S/C15H22BrNO2/c1-15(2,17)9-10-7-11(16)8-13(18-3)14(10)19-12-5-4-6-12/h7-8,12H,4-6,9,17H2,1-3H3. The van der Waals surface area contributed by atoms with Crippen molar-refractivity contribution in [1.29, 1.82) is 0 Å². The third-order valence-electron chi connectivity index (χ3n) is 3.30. The van der Waals surface area contributed by atoms with Gasteiger partial charge in [0, 0.05) is 15.6 Å². The number of hydrogen-bond donors (Lipinski definition) is 1. The zero-order valence-electron chi connectivity index (χ0n) is 11.8. The molecule has 0 heterocycles. The predicted octanol–water partition coefficient (Wildman–Crippen LogP) is 3.67. The van der Waals surface area contributed by atoms with Crippen LogP contribution in [0, 0.1) is 0 Å². The van der Waals surface area contributed by atoms with E-state index < -0.39 is 0 Å². The molecule has 0 saturated heterocycles. The van der Waals surface area contributed by atoms with Crippen molar-refractivity contribution in [2.24, 2.45) is 5.73 Å². The van der Waals surface area contributed by atoms with E-state index in [1.807, 2.05) is 19.9 Å². The zero-order chi connectivity index (χ0) is 14.0. The summed E-state index contributed by atoms with van der Waals surface area (Å²) in [5.74, 6) is 1.63. The van der Waals surface area contributed by atoms with Crippen LogP contribution in [0.1, 0.15) is 38.7 Å². The van der Waals surface area contributed by atoms with Crippen LogP contribution in [0.15, 0.2) is 16.6 Å². The summed E-state index contributed by atoms with van der Waals surface area (Å²) in [5, 5.41) is 0. The average Bonchev–Trinajstić information content (AvgIpc) is 2.22. The minimum Gasteiger partial charge on any atom is -0.493 e. The Labute approximate surface area is 123 Å². The molecule has 2 rings (SSSR count). The van der Waals surface area contributed by atoms with Crippen LogP contribution in [-0.4, -0.2) is 18.8 Å². The summed E-state index contributed by atoms with van der Waals surface area (Å²) in [6.45, 7) is 4.04. The van der Waals surface area contributed by atoms with Gasteiger partial charge in [-0.1, -0.05) is 15.9 Å². The normalized spacial score (nSPS) is 16.1. The van der Waals surface area contributed by atoms with E-state index in [1.165, 1.54) is 6.42 Å². The van der Waals surface area contributed by atoms with E-state index in [2.05, 4.69) is 22.0 Å². The maximum Gasteiger partial charge on any atom is 0.164 e. The minimum atomic E-state index is -0.274. The fraction of sp³-hybridized carbons (Fsp3) is 0.600. The highest BCUT2D eigenvalue weighted by Crippen LogP contribution is 2.39. The monoisotopic (exact) mass is 327 g/mol. The first-order valence-electron chi connectivity index (χ1n) is 6.71. The molecule has 1 fully saturated rings. The Morgan fingerprint density at radius 3 is 2.53 bits per heavy atom. The SMILES string of the molecule is COc1cc(Br)cc(CC(C)(C)N)c1OC1CCC1. The first kappa shape index (κ1) is 14.7. The molecule has 1 aliphatic rings. The van der Waals surface area contributed by atoms with E-state index in [0.29, 0.717) is 6.10 Å². The van der Waals surface area contributed by atoms with Gasteiger partial charge in [0.05, 0.1) is 13.2 Å². The van der Waals surface area contributed by atoms with Crippen LogP contribution in [0.25, 0.3) is 0 Å². The molecular weight excluding hydrogens is 306 g/mol. The van der Waals surface area contributed by atoms with Crippen molar-refractivity contribution in [2.45, 2.75) is 51.2 Å². The second kappa shape index (κ2) is 5.71. The van der Waals surface area contributed by atoms with Crippen LogP contribution >= 0.6 is 15.9 Å². The Hall–Kier alpha value is -0.740. The second-order valence-corrected chi connectivity index (χ2v) is 6.85. The molecular formula is C15H22BrNO2. The number of benzene rings is 1. The second-order valence-electron chi connectivity index (χ2n) is 5.93. The summed E-state index contributed by atoms with van der Waals surface area (Å²) >= 11 is 3.52. The Bertz CT molecular complexity index is 450. The van der Waals surface area contributed by atoms with Gasteiger partial charge in [-0.25, -0.2) is 0 Å². The maximum absolute atomic E-state index is 6.14. The Morgan fingerprint density at radius 2 is 2.05 bits per heavy atom. The number of halogens is 1. The molecule has 0 unspecified atom stereocenters. The summed E-state index contributed by atoms with van der Waals surface area (Å²) in [4.78, 5) is 0. The van der Waals surface area contributed by atoms with Gasteiger partial charge in [-0.3, -0.25) is 0 Å². The molecule has 0 aliphatic heterocycles. The van der Waals surface area contributed by atoms with Crippen LogP contribution in [0.3, 0.4) is 0 Å². The number of methoxy groups -OCH3 is 1. The van der Waals surface area contributed by atoms with Crippen LogP contribution < -0.4 is 15.2 Å². The maximum atomic E-state index is 6.14. The summed E-state index contributed by atoms with van der Waals surface area (Å²) < 4.78 is 12.5. The summed E-state index contributed by atoms with van der Waals surface area (Å²) in [6.07, 6.45) is 4.59. The Balaban J connectivity index is 2.33. The molecule has 1 saturated carbocycles. The van der Waals surface area contributed by atoms with Gasteiger partial charge in [-0.05, 0) is 51.7 Å². The van der Waals surface area contributed by atoms with Crippen LogP contribution in [-0.2, 0) is 6.42 Å². The highest BCUT2D eigenvalue weighted by Gasteiger charge is 2.25. The summed E-state index contributed by atoms with van der Waals surface area (Å²) in [7, 11) is 1.67. The molecule has 19 heavy (non-hydrogen) atoms. The lowest BCUT2D eigenvalue weighted by Gasteiger charge is -2.29. The fourth-order valence-corrected chi connectivity index (χ4v) is 2.67. The minimum absolute atomic E-state index is 0.274. The molecule has 1 aromatic carbocycles. The quantitative estimate of drug-likeness (QED) is 0.897. The van der Waals surface area contributed by atoms with Crippen molar-refractivity contribution in [1.82, 2.24) is 0 Å². The number of rotatable bonds is 5. The highest BCUT2D eigenvalue weighted by atomic mass is 79.9. The van der Waals surface area contributed by atoms with E-state index in [9.17, 15) is 0 Å². The lowest BCUT2D eigenvalue weighted by Crippen LogP contribution is -2.35. The summed E-state index contributed by atoms with van der Waals surface area (Å²) in [6, 6.07) is 4.02. The summed E-state index contributed by atoms with van der Waals surface area (Å²) in [5.41, 5.74) is 6.97. The van der Waals surface area contributed by atoms with Crippen molar-refractivity contribution in [2.75, 3.05) is 7.11 Å². The third-order valence-corrected chi connectivity index (χ3v) is 3.76. The molecule has 2 N–H and O–H groups in total.